The number of carbonyl (C=O) groups excluding carboxylic acids is 2. The molecule has 2 amide bonds. The van der Waals surface area contributed by atoms with Crippen LogP contribution in [0.3, 0.4) is 0 Å². The zero-order chi connectivity index (χ0) is 24.8. The van der Waals surface area contributed by atoms with Crippen LogP contribution in [0.25, 0.3) is 0 Å². The van der Waals surface area contributed by atoms with Crippen molar-refractivity contribution in [2.75, 3.05) is 0 Å². The number of carboxylic acids is 2. The van der Waals surface area contributed by atoms with E-state index in [2.05, 4.69) is 10.6 Å². The Morgan fingerprint density at radius 1 is 0.559 bits per heavy atom. The lowest BCUT2D eigenvalue weighted by molar-refractivity contribution is -0.142. The van der Waals surface area contributed by atoms with Gasteiger partial charge in [0.25, 0.3) is 0 Å². The summed E-state index contributed by atoms with van der Waals surface area (Å²) in [5, 5.41) is 23.9. The molecule has 2 rings (SSSR count). The van der Waals surface area contributed by atoms with Gasteiger partial charge in [-0.3, -0.25) is 9.59 Å². The molecule has 4 N–H and O–H groups in total. The lowest BCUT2D eigenvalue weighted by atomic mass is 10.1. The van der Waals surface area contributed by atoms with Gasteiger partial charge in [0.05, 0.1) is 0 Å². The minimum Gasteiger partial charge on any atom is -0.479 e. The van der Waals surface area contributed by atoms with Crippen molar-refractivity contribution < 1.29 is 29.4 Å². The van der Waals surface area contributed by atoms with Crippen LogP contribution >= 0.6 is 0 Å². The quantitative estimate of drug-likeness (QED) is 0.292. The highest BCUT2D eigenvalue weighted by atomic mass is 16.4. The lowest BCUT2D eigenvalue weighted by Crippen LogP contribution is -2.33. The van der Waals surface area contributed by atoms with Crippen LogP contribution < -0.4 is 10.6 Å². The van der Waals surface area contributed by atoms with Crippen molar-refractivity contribution >= 4 is 23.8 Å². The summed E-state index contributed by atoms with van der Waals surface area (Å²) >= 11 is 0. The van der Waals surface area contributed by atoms with E-state index in [9.17, 15) is 29.4 Å². The van der Waals surface area contributed by atoms with E-state index < -0.39 is 24.0 Å². The van der Waals surface area contributed by atoms with E-state index in [0.29, 0.717) is 24.0 Å². The molecule has 2 unspecified atom stereocenters. The minimum absolute atomic E-state index is 0.259. The number of benzene rings is 2. The molecule has 8 nitrogen and oxygen atoms in total. The van der Waals surface area contributed by atoms with Crippen molar-refractivity contribution in [1.29, 1.82) is 0 Å². The SMILES string of the molecule is O=C(CCCCCCCCC(=O)NC(C(=O)O)c1ccccc1)NC(C(=O)O)c1ccccc1. The number of unbranched alkanes of at least 4 members (excludes halogenated alkanes) is 5. The number of aliphatic carboxylic acids is 2. The van der Waals surface area contributed by atoms with E-state index in [1.54, 1.807) is 60.7 Å². The second-order valence-electron chi connectivity index (χ2n) is 8.12. The first-order valence-electron chi connectivity index (χ1n) is 11.5. The van der Waals surface area contributed by atoms with Crippen LogP contribution in [-0.2, 0) is 19.2 Å². The first-order valence-corrected chi connectivity index (χ1v) is 11.5. The number of rotatable bonds is 15. The molecular formula is C26H32N2O6. The van der Waals surface area contributed by atoms with Gasteiger partial charge >= 0.3 is 11.9 Å². The van der Waals surface area contributed by atoms with Crippen LogP contribution in [0.4, 0.5) is 0 Å². The Balaban J connectivity index is 1.57. The van der Waals surface area contributed by atoms with Crippen LogP contribution in [0.1, 0.15) is 74.6 Å². The number of carbonyl (C=O) groups is 4. The fraction of sp³-hybridized carbons (Fsp3) is 0.385. The highest BCUT2D eigenvalue weighted by Gasteiger charge is 2.22. The van der Waals surface area contributed by atoms with E-state index >= 15 is 0 Å². The molecule has 0 fully saturated rings. The Hall–Kier alpha value is -3.68. The average Bonchev–Trinajstić information content (AvgIpc) is 2.83. The molecule has 0 aliphatic heterocycles. The van der Waals surface area contributed by atoms with Crippen LogP contribution in [0.2, 0.25) is 0 Å². The number of carboxylic acid groups (broad SMARTS) is 2. The molecule has 34 heavy (non-hydrogen) atoms. The van der Waals surface area contributed by atoms with Gasteiger partial charge in [-0.1, -0.05) is 86.3 Å². The van der Waals surface area contributed by atoms with Crippen molar-refractivity contribution in [2.24, 2.45) is 0 Å². The summed E-state index contributed by atoms with van der Waals surface area (Å²) in [7, 11) is 0. The van der Waals surface area contributed by atoms with Gasteiger partial charge < -0.3 is 20.8 Å². The van der Waals surface area contributed by atoms with Crippen LogP contribution in [0.5, 0.6) is 0 Å². The Bertz CT molecular complexity index is 855. The fourth-order valence-electron chi connectivity index (χ4n) is 3.61. The predicted octanol–water partition coefficient (Wildman–Crippen LogP) is 3.99. The maximum atomic E-state index is 12.1. The van der Waals surface area contributed by atoms with Gasteiger partial charge in [0.1, 0.15) is 0 Å². The van der Waals surface area contributed by atoms with Gasteiger partial charge in [-0.25, -0.2) is 9.59 Å². The Labute approximate surface area is 199 Å². The van der Waals surface area contributed by atoms with Crippen molar-refractivity contribution in [1.82, 2.24) is 10.6 Å². The van der Waals surface area contributed by atoms with Gasteiger partial charge in [0, 0.05) is 12.8 Å². The zero-order valence-electron chi connectivity index (χ0n) is 19.1. The molecule has 2 aromatic carbocycles. The molecule has 0 aliphatic carbocycles. The van der Waals surface area contributed by atoms with E-state index in [1.807, 2.05) is 0 Å². The zero-order valence-corrected chi connectivity index (χ0v) is 19.1. The second-order valence-corrected chi connectivity index (χ2v) is 8.12. The molecule has 182 valence electrons. The summed E-state index contributed by atoms with van der Waals surface area (Å²) in [6.45, 7) is 0. The van der Waals surface area contributed by atoms with Gasteiger partial charge in [0.15, 0.2) is 12.1 Å². The van der Waals surface area contributed by atoms with E-state index in [1.165, 1.54) is 0 Å². The molecular weight excluding hydrogens is 436 g/mol. The maximum absolute atomic E-state index is 12.1. The molecule has 2 atom stereocenters. The molecule has 0 radical (unpaired) electrons. The Kier molecular flexibility index (Phi) is 11.3. The summed E-state index contributed by atoms with van der Waals surface area (Å²) in [6.07, 6.45) is 5.30. The maximum Gasteiger partial charge on any atom is 0.330 e. The summed E-state index contributed by atoms with van der Waals surface area (Å²) in [5.41, 5.74) is 1.07. The molecule has 0 saturated heterocycles. The van der Waals surface area contributed by atoms with E-state index in [0.717, 1.165) is 25.7 Å². The number of hydrogen-bond donors (Lipinski definition) is 4. The molecule has 0 heterocycles. The molecule has 2 aromatic rings. The van der Waals surface area contributed by atoms with Gasteiger partial charge in [0.2, 0.25) is 11.8 Å². The summed E-state index contributed by atoms with van der Waals surface area (Å²) in [6, 6.07) is 15.1. The third-order valence-corrected chi connectivity index (χ3v) is 5.43. The first kappa shape index (κ1) is 26.6. The minimum atomic E-state index is -1.10. The van der Waals surface area contributed by atoms with E-state index in [4.69, 9.17) is 0 Å². The van der Waals surface area contributed by atoms with Crippen LogP contribution in [-0.4, -0.2) is 34.0 Å². The molecule has 0 aromatic heterocycles. The third-order valence-electron chi connectivity index (χ3n) is 5.43. The van der Waals surface area contributed by atoms with Gasteiger partial charge in [-0.2, -0.15) is 0 Å². The van der Waals surface area contributed by atoms with Crippen molar-refractivity contribution in [3.63, 3.8) is 0 Å². The van der Waals surface area contributed by atoms with Gasteiger partial charge in [-0.15, -0.1) is 0 Å². The third kappa shape index (κ3) is 9.44. The molecule has 8 heteroatoms. The highest BCUT2D eigenvalue weighted by molar-refractivity contribution is 5.85. The standard InChI is InChI=1S/C26H32N2O6/c29-21(27-23(25(31)32)19-13-7-5-8-14-19)17-11-3-1-2-4-12-18-22(30)28-24(26(33)34)20-15-9-6-10-16-20/h5-10,13-16,23-24H,1-4,11-12,17-18H2,(H,27,29)(H,28,30)(H,31,32)(H,33,34). The smallest absolute Gasteiger partial charge is 0.330 e. The Morgan fingerprint density at radius 2 is 0.882 bits per heavy atom. The topological polar surface area (TPSA) is 133 Å². The number of hydrogen-bond acceptors (Lipinski definition) is 4. The molecule has 0 aliphatic rings. The lowest BCUT2D eigenvalue weighted by Gasteiger charge is -2.15. The fourth-order valence-corrected chi connectivity index (χ4v) is 3.61. The summed E-state index contributed by atoms with van der Waals surface area (Å²) < 4.78 is 0. The van der Waals surface area contributed by atoms with Crippen LogP contribution in [0.15, 0.2) is 60.7 Å². The number of amides is 2. The molecule has 0 bridgehead atoms. The normalized spacial score (nSPS) is 12.4. The summed E-state index contributed by atoms with van der Waals surface area (Å²) in [4.78, 5) is 47.1. The monoisotopic (exact) mass is 468 g/mol. The van der Waals surface area contributed by atoms with Crippen molar-refractivity contribution in [3.05, 3.63) is 71.8 Å². The van der Waals surface area contributed by atoms with E-state index in [-0.39, 0.29) is 24.7 Å². The van der Waals surface area contributed by atoms with Gasteiger partial charge in [-0.05, 0) is 24.0 Å². The summed E-state index contributed by atoms with van der Waals surface area (Å²) in [5.74, 6) is -2.78. The molecule has 0 saturated carbocycles. The Morgan fingerprint density at radius 3 is 1.21 bits per heavy atom. The predicted molar refractivity (Wildman–Crippen MR) is 127 cm³/mol. The van der Waals surface area contributed by atoms with Crippen molar-refractivity contribution in [2.45, 2.75) is 63.5 Å². The largest absolute Gasteiger partial charge is 0.479 e. The van der Waals surface area contributed by atoms with Crippen molar-refractivity contribution in [3.8, 4) is 0 Å². The number of nitrogens with one attached hydrogen (secondary N) is 2. The highest BCUT2D eigenvalue weighted by Crippen LogP contribution is 2.15. The second kappa shape index (κ2) is 14.5. The van der Waals surface area contributed by atoms with Crippen LogP contribution in [0, 0.1) is 0 Å². The average molecular weight is 469 g/mol. The molecule has 0 spiro atoms. The first-order chi connectivity index (χ1) is 16.4.